The number of nitrogens with one attached hydrogen (secondary N) is 1. The number of rotatable bonds is 1. The van der Waals surface area contributed by atoms with E-state index >= 15 is 0 Å². The van der Waals surface area contributed by atoms with Gasteiger partial charge in [0.15, 0.2) is 0 Å². The standard InChI is InChI=1S/C10H19NOS/c1-10(2)6-11-9(12-7-10)8-4-3-5-13-8/h8-9,11H,3-7H2,1-2H3. The van der Waals surface area contributed by atoms with Gasteiger partial charge in [-0.05, 0) is 18.6 Å². The minimum absolute atomic E-state index is 0.319. The molecule has 0 spiro atoms. The highest BCUT2D eigenvalue weighted by atomic mass is 32.2. The fraction of sp³-hybridized carbons (Fsp3) is 1.00. The summed E-state index contributed by atoms with van der Waals surface area (Å²) in [5, 5.41) is 4.21. The summed E-state index contributed by atoms with van der Waals surface area (Å²) in [7, 11) is 0. The van der Waals surface area contributed by atoms with Crippen molar-refractivity contribution >= 4 is 11.8 Å². The predicted molar refractivity (Wildman–Crippen MR) is 57.0 cm³/mol. The molecule has 2 saturated heterocycles. The second-order valence-electron chi connectivity index (χ2n) is 4.83. The molecule has 0 aromatic heterocycles. The first-order valence-electron chi connectivity index (χ1n) is 5.14. The Labute approximate surface area is 84.8 Å². The zero-order valence-electron chi connectivity index (χ0n) is 8.51. The van der Waals surface area contributed by atoms with Gasteiger partial charge in [0.1, 0.15) is 6.23 Å². The summed E-state index contributed by atoms with van der Waals surface area (Å²) in [6.45, 7) is 6.49. The monoisotopic (exact) mass is 201 g/mol. The number of ether oxygens (including phenoxy) is 1. The third-order valence-corrected chi connectivity index (χ3v) is 4.17. The van der Waals surface area contributed by atoms with Gasteiger partial charge in [-0.15, -0.1) is 0 Å². The van der Waals surface area contributed by atoms with Gasteiger partial charge in [-0.3, -0.25) is 5.32 Å². The zero-order valence-corrected chi connectivity index (χ0v) is 9.32. The highest BCUT2D eigenvalue weighted by Gasteiger charge is 2.33. The molecule has 3 heteroatoms. The highest BCUT2D eigenvalue weighted by molar-refractivity contribution is 8.00. The molecule has 0 saturated carbocycles. The van der Waals surface area contributed by atoms with E-state index in [-0.39, 0.29) is 0 Å². The molecule has 1 N–H and O–H groups in total. The molecule has 2 unspecified atom stereocenters. The maximum Gasteiger partial charge on any atom is 0.120 e. The lowest BCUT2D eigenvalue weighted by Gasteiger charge is -2.37. The van der Waals surface area contributed by atoms with Crippen molar-refractivity contribution in [3.8, 4) is 0 Å². The summed E-state index contributed by atoms with van der Waals surface area (Å²) in [6, 6.07) is 0. The van der Waals surface area contributed by atoms with E-state index in [2.05, 4.69) is 30.9 Å². The molecule has 0 aromatic carbocycles. The molecule has 0 radical (unpaired) electrons. The van der Waals surface area contributed by atoms with Crippen molar-refractivity contribution in [3.05, 3.63) is 0 Å². The van der Waals surface area contributed by atoms with Crippen molar-refractivity contribution in [2.24, 2.45) is 5.41 Å². The first-order valence-corrected chi connectivity index (χ1v) is 6.19. The predicted octanol–water partition coefficient (Wildman–Crippen LogP) is 1.85. The minimum Gasteiger partial charge on any atom is -0.362 e. The summed E-state index contributed by atoms with van der Waals surface area (Å²) < 4.78 is 5.85. The van der Waals surface area contributed by atoms with E-state index in [0.29, 0.717) is 16.9 Å². The molecule has 2 aliphatic heterocycles. The molecule has 2 heterocycles. The Kier molecular flexibility index (Phi) is 2.86. The summed E-state index contributed by atoms with van der Waals surface area (Å²) in [4.78, 5) is 0. The van der Waals surface area contributed by atoms with Crippen LogP contribution in [0.5, 0.6) is 0 Å². The van der Waals surface area contributed by atoms with Crippen LogP contribution in [0.25, 0.3) is 0 Å². The molecule has 76 valence electrons. The first kappa shape index (κ1) is 9.81. The van der Waals surface area contributed by atoms with Crippen LogP contribution >= 0.6 is 11.8 Å². The Morgan fingerprint density at radius 2 is 2.31 bits per heavy atom. The molecule has 13 heavy (non-hydrogen) atoms. The average Bonchev–Trinajstić information content (AvgIpc) is 2.56. The highest BCUT2D eigenvalue weighted by Crippen LogP contribution is 2.32. The van der Waals surface area contributed by atoms with Crippen LogP contribution in [0.2, 0.25) is 0 Å². The average molecular weight is 201 g/mol. The van der Waals surface area contributed by atoms with Gasteiger partial charge in [-0.1, -0.05) is 13.8 Å². The van der Waals surface area contributed by atoms with Gasteiger partial charge in [0.2, 0.25) is 0 Å². The Bertz CT molecular complexity index is 168. The van der Waals surface area contributed by atoms with E-state index < -0.39 is 0 Å². The fourth-order valence-corrected chi connectivity index (χ4v) is 3.20. The lowest BCUT2D eigenvalue weighted by Crippen LogP contribution is -2.51. The Morgan fingerprint density at radius 3 is 2.85 bits per heavy atom. The van der Waals surface area contributed by atoms with Crippen molar-refractivity contribution in [2.45, 2.75) is 38.2 Å². The molecule has 0 bridgehead atoms. The van der Waals surface area contributed by atoms with E-state index in [1.54, 1.807) is 0 Å². The quantitative estimate of drug-likeness (QED) is 0.699. The SMILES string of the molecule is CC1(C)CNC(C2CCCS2)OC1. The maximum absolute atomic E-state index is 5.85. The van der Waals surface area contributed by atoms with Crippen LogP contribution < -0.4 is 5.32 Å². The topological polar surface area (TPSA) is 21.3 Å². The second-order valence-corrected chi connectivity index (χ2v) is 6.18. The van der Waals surface area contributed by atoms with Crippen LogP contribution in [0.3, 0.4) is 0 Å². The summed E-state index contributed by atoms with van der Waals surface area (Å²) in [6.07, 6.45) is 3.00. The molecular weight excluding hydrogens is 182 g/mol. The van der Waals surface area contributed by atoms with Gasteiger partial charge < -0.3 is 4.74 Å². The molecule has 2 rings (SSSR count). The second kappa shape index (κ2) is 3.79. The van der Waals surface area contributed by atoms with Crippen LogP contribution in [-0.2, 0) is 4.74 Å². The Balaban J connectivity index is 1.83. The van der Waals surface area contributed by atoms with Gasteiger partial charge in [-0.25, -0.2) is 0 Å². The van der Waals surface area contributed by atoms with E-state index in [1.807, 2.05) is 0 Å². The molecule has 2 fully saturated rings. The van der Waals surface area contributed by atoms with E-state index in [9.17, 15) is 0 Å². The van der Waals surface area contributed by atoms with E-state index in [0.717, 1.165) is 13.2 Å². The summed E-state index contributed by atoms with van der Waals surface area (Å²) in [5.41, 5.74) is 0.319. The van der Waals surface area contributed by atoms with Crippen molar-refractivity contribution in [1.29, 1.82) is 0 Å². The van der Waals surface area contributed by atoms with Crippen molar-refractivity contribution < 1.29 is 4.74 Å². The third kappa shape index (κ3) is 2.39. The molecule has 2 nitrogen and oxygen atoms in total. The van der Waals surface area contributed by atoms with Crippen molar-refractivity contribution in [2.75, 3.05) is 18.9 Å². The van der Waals surface area contributed by atoms with E-state index in [1.165, 1.54) is 18.6 Å². The zero-order chi connectivity index (χ0) is 9.31. The van der Waals surface area contributed by atoms with Crippen LogP contribution in [0.1, 0.15) is 26.7 Å². The number of hydrogen-bond donors (Lipinski definition) is 1. The van der Waals surface area contributed by atoms with Crippen LogP contribution in [0, 0.1) is 5.41 Å². The van der Waals surface area contributed by atoms with Crippen molar-refractivity contribution in [1.82, 2.24) is 5.32 Å². The fourth-order valence-electron chi connectivity index (χ4n) is 1.88. The number of thioether (sulfide) groups is 1. The van der Waals surface area contributed by atoms with Gasteiger partial charge in [-0.2, -0.15) is 11.8 Å². The van der Waals surface area contributed by atoms with Crippen molar-refractivity contribution in [3.63, 3.8) is 0 Å². The van der Waals surface area contributed by atoms with Gasteiger partial charge in [0.25, 0.3) is 0 Å². The minimum atomic E-state index is 0.319. The van der Waals surface area contributed by atoms with Crippen LogP contribution in [0.4, 0.5) is 0 Å². The Morgan fingerprint density at radius 1 is 1.46 bits per heavy atom. The Hall–Kier alpha value is 0.270. The molecule has 2 atom stereocenters. The smallest absolute Gasteiger partial charge is 0.120 e. The number of hydrogen-bond acceptors (Lipinski definition) is 3. The van der Waals surface area contributed by atoms with Crippen LogP contribution in [-0.4, -0.2) is 30.4 Å². The normalized spacial score (nSPS) is 39.2. The third-order valence-electron chi connectivity index (χ3n) is 2.74. The lowest BCUT2D eigenvalue weighted by molar-refractivity contribution is -0.0576. The molecule has 2 aliphatic rings. The van der Waals surface area contributed by atoms with Gasteiger partial charge in [0, 0.05) is 17.2 Å². The first-order chi connectivity index (χ1) is 6.17. The molecular formula is C10H19NOS. The molecule has 0 aliphatic carbocycles. The van der Waals surface area contributed by atoms with Crippen LogP contribution in [0.15, 0.2) is 0 Å². The molecule has 0 amide bonds. The van der Waals surface area contributed by atoms with Gasteiger partial charge >= 0.3 is 0 Å². The largest absolute Gasteiger partial charge is 0.362 e. The molecule has 0 aromatic rings. The maximum atomic E-state index is 5.85. The summed E-state index contributed by atoms with van der Waals surface area (Å²) in [5.74, 6) is 1.32. The lowest BCUT2D eigenvalue weighted by atomic mass is 9.93. The van der Waals surface area contributed by atoms with Gasteiger partial charge in [0.05, 0.1) is 6.61 Å². The summed E-state index contributed by atoms with van der Waals surface area (Å²) >= 11 is 2.06. The van der Waals surface area contributed by atoms with E-state index in [4.69, 9.17) is 4.74 Å².